The van der Waals surface area contributed by atoms with Crippen molar-refractivity contribution in [2.45, 2.75) is 19.3 Å². The molecular formula is C20H18ClF2N5O2. The molecule has 2 N–H and O–H groups in total. The zero-order valence-corrected chi connectivity index (χ0v) is 16.5. The Morgan fingerprint density at radius 1 is 1.20 bits per heavy atom. The largest absolute Gasteiger partial charge is 0.339 e. The number of aromatic nitrogens is 3. The van der Waals surface area contributed by atoms with Gasteiger partial charge in [-0.25, -0.2) is 18.7 Å². The topological polar surface area (TPSA) is 91.0 Å². The third-order valence-electron chi connectivity index (χ3n) is 5.09. The molecule has 4 rings (SSSR count). The number of aromatic amines is 1. The summed E-state index contributed by atoms with van der Waals surface area (Å²) in [4.78, 5) is 37.3. The van der Waals surface area contributed by atoms with Gasteiger partial charge in [0, 0.05) is 30.8 Å². The molecule has 1 saturated heterocycles. The van der Waals surface area contributed by atoms with E-state index < -0.39 is 12.2 Å². The summed E-state index contributed by atoms with van der Waals surface area (Å²) in [6.07, 6.45) is -0.205. The van der Waals surface area contributed by atoms with Gasteiger partial charge in [0.05, 0.1) is 16.1 Å². The van der Waals surface area contributed by atoms with Crippen LogP contribution in [-0.4, -0.2) is 44.8 Å². The van der Waals surface area contributed by atoms with Gasteiger partial charge in [0.25, 0.3) is 12.3 Å². The molecule has 10 heteroatoms. The first kappa shape index (κ1) is 20.2. The molecule has 1 fully saturated rings. The van der Waals surface area contributed by atoms with E-state index in [1.54, 1.807) is 29.2 Å². The quantitative estimate of drug-likeness (QED) is 0.649. The van der Waals surface area contributed by atoms with Crippen LogP contribution in [0.4, 0.5) is 14.6 Å². The number of alkyl halides is 2. The Morgan fingerprint density at radius 3 is 2.63 bits per heavy atom. The van der Waals surface area contributed by atoms with Crippen molar-refractivity contribution in [1.82, 2.24) is 19.9 Å². The molecule has 0 spiro atoms. The number of pyridine rings is 1. The molecule has 0 aliphatic carbocycles. The highest BCUT2D eigenvalue weighted by Crippen LogP contribution is 2.24. The summed E-state index contributed by atoms with van der Waals surface area (Å²) in [6.45, 7) is 0.850. The number of amides is 2. The lowest BCUT2D eigenvalue weighted by atomic mass is 9.95. The lowest BCUT2D eigenvalue weighted by Gasteiger charge is -2.31. The third kappa shape index (κ3) is 4.25. The lowest BCUT2D eigenvalue weighted by molar-refractivity contribution is -0.121. The van der Waals surface area contributed by atoms with E-state index in [-0.39, 0.29) is 17.7 Å². The molecular weight excluding hydrogens is 416 g/mol. The van der Waals surface area contributed by atoms with Crippen molar-refractivity contribution in [3.05, 3.63) is 52.9 Å². The molecule has 30 heavy (non-hydrogen) atoms. The number of carbonyl (C=O) groups excluding carboxylic acids is 2. The van der Waals surface area contributed by atoms with Crippen molar-refractivity contribution in [3.63, 3.8) is 0 Å². The first-order valence-corrected chi connectivity index (χ1v) is 9.78. The molecule has 0 bridgehead atoms. The Labute approximate surface area is 175 Å². The van der Waals surface area contributed by atoms with Crippen molar-refractivity contribution in [3.8, 4) is 0 Å². The van der Waals surface area contributed by atoms with Crippen LogP contribution in [0.5, 0.6) is 0 Å². The molecule has 3 heterocycles. The van der Waals surface area contributed by atoms with Crippen molar-refractivity contribution < 1.29 is 18.4 Å². The van der Waals surface area contributed by atoms with Crippen molar-refractivity contribution in [2.24, 2.45) is 5.92 Å². The molecule has 2 amide bonds. The van der Waals surface area contributed by atoms with Crippen molar-refractivity contribution >= 4 is 40.3 Å². The van der Waals surface area contributed by atoms with E-state index >= 15 is 0 Å². The van der Waals surface area contributed by atoms with E-state index in [2.05, 4.69) is 20.3 Å². The predicted molar refractivity (Wildman–Crippen MR) is 108 cm³/mol. The van der Waals surface area contributed by atoms with E-state index in [1.165, 1.54) is 12.3 Å². The molecule has 0 saturated carbocycles. The van der Waals surface area contributed by atoms with E-state index in [0.717, 1.165) is 0 Å². The Hall–Kier alpha value is -3.07. The fourth-order valence-electron chi connectivity index (χ4n) is 3.47. The average Bonchev–Trinajstić information content (AvgIpc) is 3.19. The zero-order chi connectivity index (χ0) is 21.3. The maximum absolute atomic E-state index is 12.8. The summed E-state index contributed by atoms with van der Waals surface area (Å²) < 4.78 is 25.6. The number of benzene rings is 1. The van der Waals surface area contributed by atoms with Gasteiger partial charge in [-0.15, -0.1) is 0 Å². The summed E-state index contributed by atoms with van der Waals surface area (Å²) in [5, 5.41) is 3.25. The summed E-state index contributed by atoms with van der Waals surface area (Å²) in [5.41, 5.74) is 1.16. The number of hydrogen-bond donors (Lipinski definition) is 2. The second-order valence-electron chi connectivity index (χ2n) is 7.07. The van der Waals surface area contributed by atoms with Crippen LogP contribution in [0.15, 0.2) is 36.5 Å². The van der Waals surface area contributed by atoms with Crippen LogP contribution < -0.4 is 5.32 Å². The second kappa shape index (κ2) is 8.35. The minimum Gasteiger partial charge on any atom is -0.339 e. The van der Waals surface area contributed by atoms with Crippen LogP contribution in [0.1, 0.15) is 35.4 Å². The number of piperidine rings is 1. The van der Waals surface area contributed by atoms with E-state index in [0.29, 0.717) is 53.4 Å². The van der Waals surface area contributed by atoms with E-state index in [1.807, 2.05) is 0 Å². The van der Waals surface area contributed by atoms with Crippen LogP contribution in [0.25, 0.3) is 11.0 Å². The third-order valence-corrected chi connectivity index (χ3v) is 5.31. The van der Waals surface area contributed by atoms with Gasteiger partial charge in [0.1, 0.15) is 5.82 Å². The monoisotopic (exact) mass is 433 g/mol. The molecule has 0 radical (unpaired) electrons. The van der Waals surface area contributed by atoms with Gasteiger partial charge in [0.2, 0.25) is 5.91 Å². The van der Waals surface area contributed by atoms with Gasteiger partial charge in [0.15, 0.2) is 5.82 Å². The number of halogens is 3. The molecule has 0 unspecified atom stereocenters. The van der Waals surface area contributed by atoms with E-state index in [4.69, 9.17) is 11.6 Å². The Bertz CT molecular complexity index is 1080. The van der Waals surface area contributed by atoms with Gasteiger partial charge >= 0.3 is 0 Å². The molecule has 156 valence electrons. The van der Waals surface area contributed by atoms with Crippen LogP contribution in [0.2, 0.25) is 5.02 Å². The SMILES string of the molecule is O=C(Nc1ccc(Cl)cn1)C1CCN(C(=O)c2ccc3nc(C(F)F)[nH]c3c2)CC1. The molecule has 0 atom stereocenters. The molecule has 1 aliphatic heterocycles. The van der Waals surface area contributed by atoms with Crippen molar-refractivity contribution in [2.75, 3.05) is 18.4 Å². The minimum atomic E-state index is -2.70. The van der Waals surface area contributed by atoms with E-state index in [9.17, 15) is 18.4 Å². The maximum atomic E-state index is 12.8. The number of H-pyrrole nitrogens is 1. The smallest absolute Gasteiger partial charge is 0.295 e. The number of likely N-dealkylation sites (tertiary alicyclic amines) is 1. The highest BCUT2D eigenvalue weighted by Gasteiger charge is 2.28. The second-order valence-corrected chi connectivity index (χ2v) is 7.51. The molecule has 1 aromatic carbocycles. The van der Waals surface area contributed by atoms with Crippen LogP contribution in [-0.2, 0) is 4.79 Å². The first-order valence-electron chi connectivity index (χ1n) is 9.40. The van der Waals surface area contributed by atoms with Gasteiger partial charge in [-0.2, -0.15) is 0 Å². The zero-order valence-electron chi connectivity index (χ0n) is 15.7. The predicted octanol–water partition coefficient (Wildman–Crippen LogP) is 4.04. The van der Waals surface area contributed by atoms with Crippen LogP contribution >= 0.6 is 11.6 Å². The van der Waals surface area contributed by atoms with Crippen LogP contribution in [0.3, 0.4) is 0 Å². The molecule has 3 aromatic rings. The number of fused-ring (bicyclic) bond motifs is 1. The number of anilines is 1. The summed E-state index contributed by atoms with van der Waals surface area (Å²) in [5.74, 6) is -0.565. The van der Waals surface area contributed by atoms with Gasteiger partial charge < -0.3 is 15.2 Å². The summed E-state index contributed by atoms with van der Waals surface area (Å²) in [6, 6.07) is 7.92. The fraction of sp³-hybridized carbons (Fsp3) is 0.300. The normalized spacial score (nSPS) is 15.0. The lowest BCUT2D eigenvalue weighted by Crippen LogP contribution is -2.41. The number of nitrogens with one attached hydrogen (secondary N) is 2. The summed E-state index contributed by atoms with van der Waals surface area (Å²) in [7, 11) is 0. The van der Waals surface area contributed by atoms with Gasteiger partial charge in [-0.05, 0) is 43.2 Å². The van der Waals surface area contributed by atoms with Gasteiger partial charge in [-0.1, -0.05) is 11.6 Å². The fourth-order valence-corrected chi connectivity index (χ4v) is 3.58. The number of imidazole rings is 1. The summed E-state index contributed by atoms with van der Waals surface area (Å²) >= 11 is 5.79. The maximum Gasteiger partial charge on any atom is 0.295 e. The Kier molecular flexibility index (Phi) is 5.63. The number of rotatable bonds is 4. The van der Waals surface area contributed by atoms with Crippen LogP contribution in [0, 0.1) is 5.92 Å². The van der Waals surface area contributed by atoms with Crippen molar-refractivity contribution in [1.29, 1.82) is 0 Å². The minimum absolute atomic E-state index is 0.143. The van der Waals surface area contributed by atoms with Gasteiger partial charge in [-0.3, -0.25) is 9.59 Å². The highest BCUT2D eigenvalue weighted by molar-refractivity contribution is 6.30. The Balaban J connectivity index is 1.37. The first-order chi connectivity index (χ1) is 14.4. The molecule has 7 nitrogen and oxygen atoms in total. The molecule has 2 aromatic heterocycles. The highest BCUT2D eigenvalue weighted by atomic mass is 35.5. The Morgan fingerprint density at radius 2 is 1.97 bits per heavy atom. The standard InChI is InChI=1S/C20H18ClF2N5O2/c21-13-2-4-16(24-10-13)27-19(29)11-5-7-28(8-6-11)20(30)12-1-3-14-15(9-12)26-18(25-14)17(22)23/h1-4,9-11,17H,5-8H2,(H,25,26)(H,24,27,29). The number of hydrogen-bond acceptors (Lipinski definition) is 4. The number of carbonyl (C=O) groups is 2. The average molecular weight is 434 g/mol. The number of nitrogens with zero attached hydrogens (tertiary/aromatic N) is 3. The molecule has 1 aliphatic rings.